The van der Waals surface area contributed by atoms with Crippen LogP contribution in [0.4, 0.5) is 0 Å². The molecular formula is C13H13NO2S. The van der Waals surface area contributed by atoms with Gasteiger partial charge in [-0.1, -0.05) is 48.6 Å². The first kappa shape index (κ1) is 11.8. The number of aromatic nitrogens is 1. The van der Waals surface area contributed by atoms with Gasteiger partial charge in [0.15, 0.2) is 5.78 Å². The lowest BCUT2D eigenvalue weighted by Crippen LogP contribution is -2.04. The SMILES string of the molecule is CCc1[nH]c(=O)sc1C(=O)Cc1ccccc1. The molecular weight excluding hydrogens is 234 g/mol. The zero-order chi connectivity index (χ0) is 12.3. The number of H-pyrrole nitrogens is 1. The summed E-state index contributed by atoms with van der Waals surface area (Å²) in [4.78, 5) is 26.4. The van der Waals surface area contributed by atoms with Gasteiger partial charge in [-0.2, -0.15) is 0 Å². The Hall–Kier alpha value is -1.68. The van der Waals surface area contributed by atoms with Crippen molar-refractivity contribution in [1.82, 2.24) is 4.98 Å². The van der Waals surface area contributed by atoms with E-state index in [-0.39, 0.29) is 10.7 Å². The molecule has 0 saturated carbocycles. The summed E-state index contributed by atoms with van der Waals surface area (Å²) in [6, 6.07) is 9.56. The zero-order valence-corrected chi connectivity index (χ0v) is 10.3. The lowest BCUT2D eigenvalue weighted by Gasteiger charge is -2.00. The third kappa shape index (κ3) is 2.71. The van der Waals surface area contributed by atoms with Gasteiger partial charge in [0.1, 0.15) is 0 Å². The molecule has 0 aliphatic carbocycles. The minimum atomic E-state index is -0.154. The van der Waals surface area contributed by atoms with Crippen LogP contribution in [0.3, 0.4) is 0 Å². The van der Waals surface area contributed by atoms with Crippen molar-refractivity contribution >= 4 is 17.1 Å². The van der Waals surface area contributed by atoms with Gasteiger partial charge in [-0.05, 0) is 12.0 Å². The van der Waals surface area contributed by atoms with Gasteiger partial charge in [0.2, 0.25) is 0 Å². The lowest BCUT2D eigenvalue weighted by atomic mass is 10.1. The number of hydrogen-bond donors (Lipinski definition) is 1. The molecule has 1 heterocycles. The highest BCUT2D eigenvalue weighted by atomic mass is 32.1. The number of hydrogen-bond acceptors (Lipinski definition) is 3. The molecule has 4 heteroatoms. The number of Topliss-reactive ketones (excluding diaryl/α,β-unsaturated/α-hetero) is 1. The highest BCUT2D eigenvalue weighted by Crippen LogP contribution is 2.14. The molecule has 0 aliphatic heterocycles. The van der Waals surface area contributed by atoms with E-state index < -0.39 is 0 Å². The molecule has 0 amide bonds. The second-order valence-corrected chi connectivity index (χ2v) is 4.74. The molecule has 2 rings (SSSR count). The third-order valence-electron chi connectivity index (χ3n) is 2.54. The summed E-state index contributed by atoms with van der Waals surface area (Å²) in [5, 5.41) is 0. The Morgan fingerprint density at radius 2 is 2.00 bits per heavy atom. The number of rotatable bonds is 4. The van der Waals surface area contributed by atoms with Crippen LogP contribution in [0.15, 0.2) is 35.1 Å². The van der Waals surface area contributed by atoms with E-state index in [0.29, 0.717) is 17.7 Å². The van der Waals surface area contributed by atoms with Crippen LogP contribution in [0.2, 0.25) is 0 Å². The minimum Gasteiger partial charge on any atom is -0.316 e. The summed E-state index contributed by atoms with van der Waals surface area (Å²) in [6.45, 7) is 1.93. The first-order valence-electron chi connectivity index (χ1n) is 5.49. The largest absolute Gasteiger partial charge is 0.316 e. The fraction of sp³-hybridized carbons (Fsp3) is 0.231. The van der Waals surface area contributed by atoms with E-state index in [0.717, 1.165) is 22.6 Å². The fourth-order valence-corrected chi connectivity index (χ4v) is 2.56. The summed E-state index contributed by atoms with van der Waals surface area (Å²) in [6.07, 6.45) is 1.02. The highest BCUT2D eigenvalue weighted by Gasteiger charge is 2.14. The predicted octanol–water partition coefficient (Wildman–Crippen LogP) is 2.42. The van der Waals surface area contributed by atoms with E-state index in [1.165, 1.54) is 0 Å². The first-order chi connectivity index (χ1) is 8.20. The average Bonchev–Trinajstić information content (AvgIpc) is 2.72. The van der Waals surface area contributed by atoms with Crippen LogP contribution < -0.4 is 4.87 Å². The second-order valence-electron chi connectivity index (χ2n) is 3.76. The molecule has 3 nitrogen and oxygen atoms in total. The van der Waals surface area contributed by atoms with E-state index in [4.69, 9.17) is 0 Å². The number of nitrogens with one attached hydrogen (secondary N) is 1. The van der Waals surface area contributed by atoms with Crippen molar-refractivity contribution in [2.24, 2.45) is 0 Å². The van der Waals surface area contributed by atoms with Crippen molar-refractivity contribution in [1.29, 1.82) is 0 Å². The third-order valence-corrected chi connectivity index (χ3v) is 3.50. The maximum absolute atomic E-state index is 12.1. The summed E-state index contributed by atoms with van der Waals surface area (Å²) in [7, 11) is 0. The number of carbonyl (C=O) groups excluding carboxylic acids is 1. The molecule has 88 valence electrons. The molecule has 0 fully saturated rings. The summed E-state index contributed by atoms with van der Waals surface area (Å²) >= 11 is 1.01. The minimum absolute atomic E-state index is 0.0106. The van der Waals surface area contributed by atoms with Crippen LogP contribution in [-0.2, 0) is 12.8 Å². The molecule has 0 saturated heterocycles. The van der Waals surface area contributed by atoms with E-state index in [9.17, 15) is 9.59 Å². The maximum Gasteiger partial charge on any atom is 0.305 e. The average molecular weight is 247 g/mol. The number of thiazole rings is 1. The monoisotopic (exact) mass is 247 g/mol. The van der Waals surface area contributed by atoms with Crippen LogP contribution in [0.25, 0.3) is 0 Å². The first-order valence-corrected chi connectivity index (χ1v) is 6.31. The van der Waals surface area contributed by atoms with Crippen LogP contribution in [0.1, 0.15) is 27.9 Å². The van der Waals surface area contributed by atoms with E-state index in [1.54, 1.807) is 0 Å². The molecule has 0 unspecified atom stereocenters. The molecule has 1 N–H and O–H groups in total. The lowest BCUT2D eigenvalue weighted by molar-refractivity contribution is 0.0996. The molecule has 0 radical (unpaired) electrons. The Morgan fingerprint density at radius 1 is 1.29 bits per heavy atom. The standard InChI is InChI=1S/C13H13NO2S/c1-2-10-12(17-13(16)14-10)11(15)8-9-6-4-3-5-7-9/h3-7H,2,8H2,1H3,(H,14,16). The molecule has 0 aliphatic rings. The number of benzene rings is 1. The van der Waals surface area contributed by atoms with Crippen LogP contribution >= 0.6 is 11.3 Å². The van der Waals surface area contributed by atoms with E-state index >= 15 is 0 Å². The van der Waals surface area contributed by atoms with Crippen molar-refractivity contribution in [3.63, 3.8) is 0 Å². The van der Waals surface area contributed by atoms with Gasteiger partial charge in [-0.3, -0.25) is 9.59 Å². The molecule has 17 heavy (non-hydrogen) atoms. The number of ketones is 1. The van der Waals surface area contributed by atoms with Gasteiger partial charge in [0.05, 0.1) is 4.88 Å². The van der Waals surface area contributed by atoms with Crippen LogP contribution in [0, 0.1) is 0 Å². The Bertz CT molecular complexity index is 569. The van der Waals surface area contributed by atoms with Gasteiger partial charge in [-0.15, -0.1) is 0 Å². The van der Waals surface area contributed by atoms with Gasteiger partial charge >= 0.3 is 4.87 Å². The molecule has 2 aromatic rings. The smallest absolute Gasteiger partial charge is 0.305 e. The quantitative estimate of drug-likeness (QED) is 0.843. The molecule has 1 aromatic carbocycles. The fourth-order valence-electron chi connectivity index (χ4n) is 1.70. The Labute approximate surface area is 103 Å². The number of carbonyl (C=O) groups is 1. The van der Waals surface area contributed by atoms with E-state index in [2.05, 4.69) is 4.98 Å². The van der Waals surface area contributed by atoms with E-state index in [1.807, 2.05) is 37.3 Å². The highest BCUT2D eigenvalue weighted by molar-refractivity contribution is 7.11. The predicted molar refractivity (Wildman–Crippen MR) is 68.8 cm³/mol. The van der Waals surface area contributed by atoms with Gasteiger partial charge in [0, 0.05) is 12.1 Å². The van der Waals surface area contributed by atoms with Gasteiger partial charge in [-0.25, -0.2) is 0 Å². The van der Waals surface area contributed by atoms with Crippen molar-refractivity contribution in [3.8, 4) is 0 Å². The molecule has 0 bridgehead atoms. The number of aryl methyl sites for hydroxylation is 1. The topological polar surface area (TPSA) is 49.9 Å². The summed E-state index contributed by atoms with van der Waals surface area (Å²) in [5.41, 5.74) is 1.72. The summed E-state index contributed by atoms with van der Waals surface area (Å²) < 4.78 is 0. The van der Waals surface area contributed by atoms with Crippen LogP contribution in [0.5, 0.6) is 0 Å². The van der Waals surface area contributed by atoms with Crippen LogP contribution in [-0.4, -0.2) is 10.8 Å². The van der Waals surface area contributed by atoms with Gasteiger partial charge < -0.3 is 4.98 Å². The molecule has 1 aromatic heterocycles. The Kier molecular flexibility index (Phi) is 3.54. The van der Waals surface area contributed by atoms with Crippen molar-refractivity contribution < 1.29 is 4.79 Å². The Balaban J connectivity index is 2.23. The zero-order valence-electron chi connectivity index (χ0n) is 9.53. The molecule has 0 atom stereocenters. The van der Waals surface area contributed by atoms with Gasteiger partial charge in [0.25, 0.3) is 0 Å². The van der Waals surface area contributed by atoms with Crippen molar-refractivity contribution in [2.75, 3.05) is 0 Å². The molecule has 0 spiro atoms. The second kappa shape index (κ2) is 5.10. The summed E-state index contributed by atoms with van der Waals surface area (Å²) in [5.74, 6) is 0.0106. The number of aromatic amines is 1. The van der Waals surface area contributed by atoms with Crippen molar-refractivity contribution in [2.45, 2.75) is 19.8 Å². The normalized spacial score (nSPS) is 10.4. The Morgan fingerprint density at radius 3 is 2.65 bits per heavy atom. The van der Waals surface area contributed by atoms with Crippen molar-refractivity contribution in [3.05, 3.63) is 56.1 Å². The maximum atomic E-state index is 12.1.